The van der Waals surface area contributed by atoms with Crippen molar-refractivity contribution in [3.8, 4) is 0 Å². The van der Waals surface area contributed by atoms with Crippen LogP contribution in [0.5, 0.6) is 0 Å². The van der Waals surface area contributed by atoms with Crippen LogP contribution in [0.25, 0.3) is 0 Å². The highest BCUT2D eigenvalue weighted by atomic mass is 32.2. The van der Waals surface area contributed by atoms with Crippen LogP contribution in [-0.4, -0.2) is 65.7 Å². The molecule has 0 aliphatic carbocycles. The van der Waals surface area contributed by atoms with Crippen LogP contribution in [0.2, 0.25) is 0 Å². The third-order valence-electron chi connectivity index (χ3n) is 2.12. The van der Waals surface area contributed by atoms with E-state index in [-0.39, 0.29) is 11.5 Å². The SMILES string of the molecule is COCCCOCCS(=O)C[C@H](NC(C)=O)C(=O)O. The molecule has 0 aromatic heterocycles. The lowest BCUT2D eigenvalue weighted by Crippen LogP contribution is -2.43. The number of carboxylic acids is 1. The number of aliphatic carboxylic acids is 1. The molecule has 0 aromatic rings. The molecule has 8 heteroatoms. The summed E-state index contributed by atoms with van der Waals surface area (Å²) in [5.74, 6) is -1.52. The van der Waals surface area contributed by atoms with Crippen LogP contribution in [0, 0.1) is 0 Å². The van der Waals surface area contributed by atoms with Gasteiger partial charge in [0.15, 0.2) is 0 Å². The highest BCUT2D eigenvalue weighted by Gasteiger charge is 2.20. The lowest BCUT2D eigenvalue weighted by Gasteiger charge is -2.12. The minimum Gasteiger partial charge on any atom is -0.480 e. The highest BCUT2D eigenvalue weighted by molar-refractivity contribution is 7.85. The zero-order chi connectivity index (χ0) is 14.7. The molecule has 0 spiro atoms. The van der Waals surface area contributed by atoms with Crippen LogP contribution in [-0.2, 0) is 29.9 Å². The summed E-state index contributed by atoms with van der Waals surface area (Å²) in [6.45, 7) is 2.63. The Morgan fingerprint density at radius 2 is 2.00 bits per heavy atom. The molecule has 0 saturated carbocycles. The number of carbonyl (C=O) groups is 2. The molecule has 0 radical (unpaired) electrons. The van der Waals surface area contributed by atoms with Crippen molar-refractivity contribution in [1.82, 2.24) is 5.32 Å². The summed E-state index contributed by atoms with van der Waals surface area (Å²) in [6.07, 6.45) is 0.757. The van der Waals surface area contributed by atoms with E-state index >= 15 is 0 Å². The Morgan fingerprint density at radius 3 is 2.53 bits per heavy atom. The van der Waals surface area contributed by atoms with E-state index in [1.165, 1.54) is 6.92 Å². The average molecular weight is 295 g/mol. The number of hydrogen-bond donors (Lipinski definition) is 2. The second kappa shape index (κ2) is 10.9. The predicted molar refractivity (Wildman–Crippen MR) is 70.4 cm³/mol. The van der Waals surface area contributed by atoms with Gasteiger partial charge in [-0.3, -0.25) is 9.00 Å². The molecular weight excluding hydrogens is 274 g/mol. The van der Waals surface area contributed by atoms with Crippen molar-refractivity contribution in [1.29, 1.82) is 0 Å². The number of nitrogens with one attached hydrogen (secondary N) is 1. The largest absolute Gasteiger partial charge is 0.480 e. The van der Waals surface area contributed by atoms with Crippen LogP contribution in [0.3, 0.4) is 0 Å². The number of methoxy groups -OCH3 is 1. The molecule has 1 unspecified atom stereocenters. The first-order chi connectivity index (χ1) is 8.97. The van der Waals surface area contributed by atoms with Crippen molar-refractivity contribution < 1.29 is 28.4 Å². The minimum atomic E-state index is -1.35. The summed E-state index contributed by atoms with van der Waals surface area (Å²) in [5.41, 5.74) is 0. The molecule has 0 bridgehead atoms. The topological polar surface area (TPSA) is 102 Å². The zero-order valence-corrected chi connectivity index (χ0v) is 12.0. The van der Waals surface area contributed by atoms with Crippen LogP contribution in [0.4, 0.5) is 0 Å². The van der Waals surface area contributed by atoms with Gasteiger partial charge in [-0.25, -0.2) is 4.79 Å². The lowest BCUT2D eigenvalue weighted by molar-refractivity contribution is -0.140. The van der Waals surface area contributed by atoms with Crippen molar-refractivity contribution >= 4 is 22.7 Å². The van der Waals surface area contributed by atoms with Gasteiger partial charge in [0, 0.05) is 43.8 Å². The fraction of sp³-hybridized carbons (Fsp3) is 0.818. The van der Waals surface area contributed by atoms with Gasteiger partial charge in [-0.15, -0.1) is 0 Å². The van der Waals surface area contributed by atoms with E-state index in [0.717, 1.165) is 6.42 Å². The average Bonchev–Trinajstić information content (AvgIpc) is 2.32. The van der Waals surface area contributed by atoms with Crippen molar-refractivity contribution in [3.63, 3.8) is 0 Å². The number of rotatable bonds is 11. The molecule has 19 heavy (non-hydrogen) atoms. The number of carboxylic acid groups (broad SMARTS) is 1. The number of hydrogen-bond acceptors (Lipinski definition) is 5. The van der Waals surface area contributed by atoms with Crippen molar-refractivity contribution in [2.45, 2.75) is 19.4 Å². The molecule has 0 fully saturated rings. The molecule has 0 heterocycles. The molecule has 0 aliphatic heterocycles. The van der Waals surface area contributed by atoms with Gasteiger partial charge in [0.1, 0.15) is 6.04 Å². The smallest absolute Gasteiger partial charge is 0.327 e. The Kier molecular flexibility index (Phi) is 10.3. The maximum absolute atomic E-state index is 11.6. The van der Waals surface area contributed by atoms with Crippen molar-refractivity contribution in [2.24, 2.45) is 0 Å². The monoisotopic (exact) mass is 295 g/mol. The molecule has 0 saturated heterocycles. The second-order valence-corrected chi connectivity index (χ2v) is 5.48. The van der Waals surface area contributed by atoms with Gasteiger partial charge in [-0.1, -0.05) is 0 Å². The van der Waals surface area contributed by atoms with Crippen molar-refractivity contribution in [3.05, 3.63) is 0 Å². The van der Waals surface area contributed by atoms with Gasteiger partial charge in [0.05, 0.1) is 12.4 Å². The number of amides is 1. The number of carbonyl (C=O) groups excluding carboxylic acids is 1. The lowest BCUT2D eigenvalue weighted by atomic mass is 10.3. The summed E-state index contributed by atoms with van der Waals surface area (Å²) < 4.78 is 21.7. The van der Waals surface area contributed by atoms with E-state index < -0.39 is 28.7 Å². The van der Waals surface area contributed by atoms with Crippen LogP contribution >= 0.6 is 0 Å². The van der Waals surface area contributed by atoms with Gasteiger partial charge in [0.25, 0.3) is 0 Å². The fourth-order valence-corrected chi connectivity index (χ4v) is 2.32. The Bertz CT molecular complexity index is 310. The standard InChI is InChI=1S/C11H21NO6S/c1-9(13)12-10(11(14)15)8-19(16)7-6-18-5-3-4-17-2/h10H,3-8H2,1-2H3,(H,12,13)(H,14,15)/t10-,19?/m0/s1. The normalized spacial score (nSPS) is 13.8. The first kappa shape index (κ1) is 18.0. The molecule has 2 atom stereocenters. The third-order valence-corrected chi connectivity index (χ3v) is 3.45. The Labute approximate surface area is 115 Å². The first-order valence-corrected chi connectivity index (χ1v) is 7.37. The van der Waals surface area contributed by atoms with Gasteiger partial charge in [-0.05, 0) is 6.42 Å². The van der Waals surface area contributed by atoms with Crippen LogP contribution < -0.4 is 5.32 Å². The van der Waals surface area contributed by atoms with Gasteiger partial charge < -0.3 is 19.9 Å². The summed E-state index contributed by atoms with van der Waals surface area (Å²) >= 11 is 0. The van der Waals surface area contributed by atoms with Crippen LogP contribution in [0.15, 0.2) is 0 Å². The third kappa shape index (κ3) is 10.6. The zero-order valence-electron chi connectivity index (χ0n) is 11.2. The maximum atomic E-state index is 11.6. The van der Waals surface area contributed by atoms with Gasteiger partial charge >= 0.3 is 5.97 Å². The minimum absolute atomic E-state index is 0.115. The molecule has 0 rings (SSSR count). The van der Waals surface area contributed by atoms with Crippen LogP contribution in [0.1, 0.15) is 13.3 Å². The molecule has 112 valence electrons. The Hall–Kier alpha value is -0.990. The van der Waals surface area contributed by atoms with E-state index in [9.17, 15) is 13.8 Å². The molecular formula is C11H21NO6S. The summed E-state index contributed by atoms with van der Waals surface area (Å²) in [6, 6.07) is -1.12. The predicted octanol–water partition coefficient (Wildman–Crippen LogP) is -0.622. The number of ether oxygens (including phenoxy) is 2. The van der Waals surface area contributed by atoms with Gasteiger partial charge in [0.2, 0.25) is 5.91 Å². The van der Waals surface area contributed by atoms with E-state index in [2.05, 4.69) is 5.32 Å². The van der Waals surface area contributed by atoms with E-state index in [1.807, 2.05) is 0 Å². The van der Waals surface area contributed by atoms with E-state index in [4.69, 9.17) is 14.6 Å². The van der Waals surface area contributed by atoms with Gasteiger partial charge in [-0.2, -0.15) is 0 Å². The van der Waals surface area contributed by atoms with Crippen molar-refractivity contribution in [2.75, 3.05) is 38.4 Å². The van der Waals surface area contributed by atoms with E-state index in [0.29, 0.717) is 19.8 Å². The first-order valence-electron chi connectivity index (χ1n) is 5.89. The summed E-state index contributed by atoms with van der Waals surface area (Å²) in [7, 11) is 0.254. The molecule has 7 nitrogen and oxygen atoms in total. The molecule has 0 aliphatic rings. The summed E-state index contributed by atoms with van der Waals surface area (Å²) in [4.78, 5) is 21.6. The highest BCUT2D eigenvalue weighted by Crippen LogP contribution is 1.93. The summed E-state index contributed by atoms with van der Waals surface area (Å²) in [5, 5.41) is 11.1. The fourth-order valence-electron chi connectivity index (χ4n) is 1.25. The second-order valence-electron chi connectivity index (χ2n) is 3.86. The quantitative estimate of drug-likeness (QED) is 0.492. The maximum Gasteiger partial charge on any atom is 0.327 e. The molecule has 1 amide bonds. The Morgan fingerprint density at radius 1 is 1.32 bits per heavy atom. The molecule has 0 aromatic carbocycles. The Balaban J connectivity index is 3.81. The molecule has 2 N–H and O–H groups in total. The van der Waals surface area contributed by atoms with E-state index in [1.54, 1.807) is 7.11 Å².